The fourth-order valence-electron chi connectivity index (χ4n) is 1.24. The van der Waals surface area contributed by atoms with Crippen molar-refractivity contribution in [3.63, 3.8) is 0 Å². The highest BCUT2D eigenvalue weighted by atomic mass is 19.4. The fourth-order valence-corrected chi connectivity index (χ4v) is 1.24. The summed E-state index contributed by atoms with van der Waals surface area (Å²) in [6.07, 6.45) is -5.08. The molecule has 7 nitrogen and oxygen atoms in total. The SMILES string of the molecule is Cc1cccc(C)c1OCC(C)N.NCC(N)=O.O=C(O)C(F)(F)F. The van der Waals surface area contributed by atoms with E-state index in [0.717, 1.165) is 5.75 Å². The van der Waals surface area contributed by atoms with Crippen molar-refractivity contribution in [2.75, 3.05) is 13.2 Å². The van der Waals surface area contributed by atoms with Crippen LogP contribution in [0, 0.1) is 13.8 Å². The van der Waals surface area contributed by atoms with Gasteiger partial charge in [-0.25, -0.2) is 4.79 Å². The lowest BCUT2D eigenvalue weighted by Crippen LogP contribution is -2.24. The van der Waals surface area contributed by atoms with Crippen LogP contribution in [0.4, 0.5) is 13.2 Å². The van der Waals surface area contributed by atoms with E-state index < -0.39 is 18.1 Å². The molecule has 0 saturated heterocycles. The molecule has 1 atom stereocenters. The van der Waals surface area contributed by atoms with E-state index in [0.29, 0.717) is 6.61 Å². The molecule has 0 aromatic heterocycles. The van der Waals surface area contributed by atoms with Crippen LogP contribution < -0.4 is 21.9 Å². The Balaban J connectivity index is 0. The summed E-state index contributed by atoms with van der Waals surface area (Å²) in [7, 11) is 0. The number of benzene rings is 1. The first-order valence-electron chi connectivity index (χ1n) is 7.06. The number of carbonyl (C=O) groups excluding carboxylic acids is 1. The second-order valence-corrected chi connectivity index (χ2v) is 4.98. The highest BCUT2D eigenvalue weighted by Crippen LogP contribution is 2.22. The molecule has 1 rings (SSSR count). The van der Waals surface area contributed by atoms with Crippen molar-refractivity contribution in [2.24, 2.45) is 17.2 Å². The molecule has 0 aliphatic rings. The van der Waals surface area contributed by atoms with Crippen molar-refractivity contribution in [2.45, 2.75) is 33.0 Å². The van der Waals surface area contributed by atoms with Crippen molar-refractivity contribution < 1.29 is 32.6 Å². The zero-order valence-electron chi connectivity index (χ0n) is 14.3. The Morgan fingerprint density at radius 1 is 1.24 bits per heavy atom. The standard InChI is InChI=1S/C11H17NO.C2HF3O2.C2H6N2O/c1-8-5-4-6-9(2)11(8)13-7-10(3)12;3-2(4,5)1(6)7;3-1-2(4)5/h4-6,10H,7,12H2,1-3H3;(H,6,7);1,3H2,(H2,4,5). The number of hydrogen-bond donors (Lipinski definition) is 4. The topological polar surface area (TPSA) is 142 Å². The van der Waals surface area contributed by atoms with Gasteiger partial charge in [-0.1, -0.05) is 18.2 Å². The summed E-state index contributed by atoms with van der Waals surface area (Å²) in [6, 6.07) is 6.20. The Morgan fingerprint density at radius 2 is 1.60 bits per heavy atom. The number of rotatable bonds is 4. The van der Waals surface area contributed by atoms with E-state index in [2.05, 4.69) is 5.73 Å². The quantitative estimate of drug-likeness (QED) is 0.628. The second kappa shape index (κ2) is 12.1. The number of amides is 1. The number of aliphatic carboxylic acids is 1. The summed E-state index contributed by atoms with van der Waals surface area (Å²) in [6.45, 7) is 6.55. The van der Waals surface area contributed by atoms with Crippen LogP contribution in [0.15, 0.2) is 18.2 Å². The average molecular weight is 367 g/mol. The van der Waals surface area contributed by atoms with Crippen molar-refractivity contribution in [1.29, 1.82) is 0 Å². The predicted octanol–water partition coefficient (Wildman–Crippen LogP) is 1.09. The van der Waals surface area contributed by atoms with Crippen molar-refractivity contribution in [3.05, 3.63) is 29.3 Å². The fraction of sp³-hybridized carbons (Fsp3) is 0.467. The number of alkyl halides is 3. The maximum absolute atomic E-state index is 10.6. The van der Waals surface area contributed by atoms with Gasteiger partial charge in [0.2, 0.25) is 5.91 Å². The van der Waals surface area contributed by atoms with Gasteiger partial charge in [-0.15, -0.1) is 0 Å². The molecular formula is C15H24F3N3O4. The third-order valence-corrected chi connectivity index (χ3v) is 2.34. The molecule has 0 saturated carbocycles. The first kappa shape index (κ1) is 24.9. The van der Waals surface area contributed by atoms with E-state index in [-0.39, 0.29) is 12.6 Å². The molecule has 0 bridgehead atoms. The summed E-state index contributed by atoms with van der Waals surface area (Å²) in [5.74, 6) is -2.25. The van der Waals surface area contributed by atoms with Crippen LogP contribution in [0.5, 0.6) is 5.75 Å². The molecule has 0 aliphatic heterocycles. The average Bonchev–Trinajstić information content (AvgIpc) is 2.46. The van der Waals surface area contributed by atoms with Gasteiger partial charge in [0.25, 0.3) is 0 Å². The zero-order chi connectivity index (χ0) is 20.2. The van der Waals surface area contributed by atoms with E-state index in [4.69, 9.17) is 26.1 Å². The van der Waals surface area contributed by atoms with Gasteiger partial charge in [-0.3, -0.25) is 4.79 Å². The van der Waals surface area contributed by atoms with Crippen LogP contribution >= 0.6 is 0 Å². The number of primary amides is 1. The van der Waals surface area contributed by atoms with Crippen molar-refractivity contribution in [3.8, 4) is 5.75 Å². The summed E-state index contributed by atoms with van der Waals surface area (Å²) in [5, 5.41) is 7.12. The van der Waals surface area contributed by atoms with E-state index in [1.165, 1.54) is 11.1 Å². The monoisotopic (exact) mass is 367 g/mol. The van der Waals surface area contributed by atoms with Crippen molar-refractivity contribution >= 4 is 11.9 Å². The van der Waals surface area contributed by atoms with Crippen molar-refractivity contribution in [1.82, 2.24) is 0 Å². The van der Waals surface area contributed by atoms with Crippen LogP contribution in [0.1, 0.15) is 18.1 Å². The molecule has 0 fully saturated rings. The maximum Gasteiger partial charge on any atom is 0.490 e. The van der Waals surface area contributed by atoms with Gasteiger partial charge in [-0.05, 0) is 31.9 Å². The van der Waals surface area contributed by atoms with Gasteiger partial charge in [0.15, 0.2) is 0 Å². The van der Waals surface area contributed by atoms with Gasteiger partial charge in [0.1, 0.15) is 12.4 Å². The largest absolute Gasteiger partial charge is 0.491 e. The molecule has 7 N–H and O–H groups in total. The van der Waals surface area contributed by atoms with Gasteiger partial charge < -0.3 is 27.0 Å². The normalized spacial score (nSPS) is 11.2. The van der Waals surface area contributed by atoms with Gasteiger partial charge in [0.05, 0.1) is 6.54 Å². The molecular weight excluding hydrogens is 343 g/mol. The first-order chi connectivity index (χ1) is 11.3. The van der Waals surface area contributed by atoms with Crippen LogP contribution in [-0.4, -0.2) is 42.4 Å². The summed E-state index contributed by atoms with van der Waals surface area (Å²) in [5.41, 5.74) is 17.2. The van der Waals surface area contributed by atoms with Crippen LogP contribution in [-0.2, 0) is 9.59 Å². The molecule has 0 aliphatic carbocycles. The summed E-state index contributed by atoms with van der Waals surface area (Å²) in [4.78, 5) is 18.4. The highest BCUT2D eigenvalue weighted by molar-refractivity contribution is 5.75. The smallest absolute Gasteiger partial charge is 0.490 e. The third kappa shape index (κ3) is 13.8. The molecule has 25 heavy (non-hydrogen) atoms. The number of hydrogen-bond acceptors (Lipinski definition) is 5. The summed E-state index contributed by atoms with van der Waals surface area (Å²) >= 11 is 0. The molecule has 0 spiro atoms. The third-order valence-electron chi connectivity index (χ3n) is 2.34. The van der Waals surface area contributed by atoms with E-state index in [9.17, 15) is 18.0 Å². The minimum Gasteiger partial charge on any atom is -0.491 e. The molecule has 1 unspecified atom stereocenters. The molecule has 1 amide bonds. The van der Waals surface area contributed by atoms with Gasteiger partial charge in [-0.2, -0.15) is 13.2 Å². The van der Waals surface area contributed by atoms with Crippen LogP contribution in [0.25, 0.3) is 0 Å². The minimum absolute atomic E-state index is 0.0556. The number of carbonyl (C=O) groups is 2. The number of ether oxygens (including phenoxy) is 1. The minimum atomic E-state index is -5.08. The predicted molar refractivity (Wildman–Crippen MR) is 87.0 cm³/mol. The molecule has 0 heterocycles. The van der Waals surface area contributed by atoms with Crippen LogP contribution in [0.2, 0.25) is 0 Å². The Morgan fingerprint density at radius 3 is 1.84 bits per heavy atom. The van der Waals surface area contributed by atoms with Gasteiger partial charge >= 0.3 is 12.1 Å². The maximum atomic E-state index is 10.6. The first-order valence-corrected chi connectivity index (χ1v) is 7.06. The second-order valence-electron chi connectivity index (χ2n) is 4.98. The van der Waals surface area contributed by atoms with Gasteiger partial charge in [0, 0.05) is 6.04 Å². The lowest BCUT2D eigenvalue weighted by atomic mass is 10.1. The molecule has 144 valence electrons. The Hall–Kier alpha value is -2.33. The number of carboxylic acids is 1. The Bertz CT molecular complexity index is 529. The number of halogens is 3. The molecule has 0 radical (unpaired) electrons. The van der Waals surface area contributed by atoms with E-state index in [1.807, 2.05) is 39.0 Å². The Labute approximate surface area is 143 Å². The Kier molecular flexibility index (Phi) is 12.1. The molecule has 1 aromatic rings. The van der Waals surface area contributed by atoms with E-state index in [1.54, 1.807) is 0 Å². The lowest BCUT2D eigenvalue weighted by molar-refractivity contribution is -0.192. The number of nitrogens with two attached hydrogens (primary N) is 3. The molecule has 10 heteroatoms. The zero-order valence-corrected chi connectivity index (χ0v) is 14.3. The molecule has 1 aromatic carbocycles. The number of aryl methyl sites for hydroxylation is 2. The summed E-state index contributed by atoms with van der Waals surface area (Å²) < 4.78 is 37.3. The lowest BCUT2D eigenvalue weighted by Gasteiger charge is -2.13. The van der Waals surface area contributed by atoms with E-state index >= 15 is 0 Å². The number of carboxylic acid groups (broad SMARTS) is 1. The van der Waals surface area contributed by atoms with Crippen LogP contribution in [0.3, 0.4) is 0 Å². The number of para-hydroxylation sites is 1. The highest BCUT2D eigenvalue weighted by Gasteiger charge is 2.38.